The first kappa shape index (κ1) is 23.6. The van der Waals surface area contributed by atoms with Crippen molar-refractivity contribution in [2.24, 2.45) is 0 Å². The largest absolute Gasteiger partial charge is 0.508 e. The molecular formula is C26H27ClN2O5. The average molecular weight is 483 g/mol. The third kappa shape index (κ3) is 4.31. The van der Waals surface area contributed by atoms with Crippen LogP contribution in [0.25, 0.3) is 5.70 Å². The highest BCUT2D eigenvalue weighted by Crippen LogP contribution is 2.45. The van der Waals surface area contributed by atoms with E-state index in [0.29, 0.717) is 40.1 Å². The lowest BCUT2D eigenvalue weighted by atomic mass is 9.77. The first-order valence-corrected chi connectivity index (χ1v) is 11.1. The Balaban J connectivity index is 1.57. The number of carbonyl (C=O) groups is 1. The van der Waals surface area contributed by atoms with Gasteiger partial charge in [0.2, 0.25) is 5.91 Å². The van der Waals surface area contributed by atoms with Gasteiger partial charge in [-0.2, -0.15) is 0 Å². The molecule has 0 unspecified atom stereocenters. The van der Waals surface area contributed by atoms with E-state index >= 15 is 0 Å². The number of hydrogen-bond acceptors (Lipinski definition) is 6. The first-order valence-electron chi connectivity index (χ1n) is 10.7. The molecule has 0 fully saturated rings. The number of methoxy groups -OCH3 is 1. The van der Waals surface area contributed by atoms with Crippen LogP contribution in [0.4, 0.5) is 11.4 Å². The van der Waals surface area contributed by atoms with Gasteiger partial charge in [0.05, 0.1) is 23.5 Å². The second kappa shape index (κ2) is 8.65. The zero-order valence-electron chi connectivity index (χ0n) is 19.8. The van der Waals surface area contributed by atoms with Crippen LogP contribution in [0.1, 0.15) is 37.2 Å². The number of ether oxygens (including phenoxy) is 2. The van der Waals surface area contributed by atoms with Crippen molar-refractivity contribution >= 4 is 34.6 Å². The van der Waals surface area contributed by atoms with Crippen LogP contribution in [-0.2, 0) is 10.2 Å². The highest BCUT2D eigenvalue weighted by molar-refractivity contribution is 6.32. The Labute approximate surface area is 203 Å². The fraction of sp³-hybridized carbons (Fsp3) is 0.269. The van der Waals surface area contributed by atoms with Crippen molar-refractivity contribution in [3.05, 3.63) is 64.9 Å². The summed E-state index contributed by atoms with van der Waals surface area (Å²) in [6.07, 6.45) is 0.397. The predicted molar refractivity (Wildman–Crippen MR) is 133 cm³/mol. The lowest BCUT2D eigenvalue weighted by Gasteiger charge is -2.37. The quantitative estimate of drug-likeness (QED) is 0.391. The number of carbonyl (C=O) groups excluding carboxylic acids is 1. The van der Waals surface area contributed by atoms with Gasteiger partial charge in [-0.25, -0.2) is 0 Å². The third-order valence-electron chi connectivity index (χ3n) is 5.98. The number of halogens is 1. The van der Waals surface area contributed by atoms with E-state index in [4.69, 9.17) is 25.5 Å². The number of phenols is 1. The summed E-state index contributed by atoms with van der Waals surface area (Å²) in [5.74, 6) is 1.78. The summed E-state index contributed by atoms with van der Waals surface area (Å²) in [7, 11) is 3.27. The van der Waals surface area contributed by atoms with E-state index in [9.17, 15) is 9.90 Å². The van der Waals surface area contributed by atoms with Gasteiger partial charge in [0.25, 0.3) is 5.95 Å². The van der Waals surface area contributed by atoms with Gasteiger partial charge in [-0.1, -0.05) is 32.0 Å². The molecule has 34 heavy (non-hydrogen) atoms. The van der Waals surface area contributed by atoms with Crippen LogP contribution in [-0.4, -0.2) is 25.2 Å². The van der Waals surface area contributed by atoms with Crippen molar-refractivity contribution in [3.8, 4) is 23.2 Å². The van der Waals surface area contributed by atoms with Gasteiger partial charge in [-0.15, -0.1) is 0 Å². The van der Waals surface area contributed by atoms with Crippen LogP contribution >= 0.6 is 11.6 Å². The van der Waals surface area contributed by atoms with Crippen molar-refractivity contribution < 1.29 is 23.8 Å². The molecule has 4 rings (SSSR count). The second-order valence-electron chi connectivity index (χ2n) is 8.98. The summed E-state index contributed by atoms with van der Waals surface area (Å²) in [5.41, 5.74) is 3.33. The van der Waals surface area contributed by atoms with Crippen molar-refractivity contribution in [2.45, 2.75) is 32.6 Å². The van der Waals surface area contributed by atoms with Crippen LogP contribution in [0.15, 0.2) is 47.4 Å². The number of fused-ring (bicyclic) bond motifs is 1. The molecule has 1 aliphatic heterocycles. The number of benzene rings is 2. The van der Waals surface area contributed by atoms with Gasteiger partial charge in [-0.05, 0) is 42.3 Å². The smallest absolute Gasteiger partial charge is 0.290 e. The zero-order chi connectivity index (χ0) is 24.8. The number of phenolic OH excluding ortho intramolecular Hbond substituents is 1. The maximum absolute atomic E-state index is 12.3. The fourth-order valence-electron chi connectivity index (χ4n) is 4.08. The number of anilines is 2. The Hall–Kier alpha value is -3.58. The summed E-state index contributed by atoms with van der Waals surface area (Å²) in [6.45, 7) is 9.94. The Kier molecular flexibility index (Phi) is 6.00. The third-order valence-corrected chi connectivity index (χ3v) is 6.27. The molecule has 7 nitrogen and oxygen atoms in total. The minimum Gasteiger partial charge on any atom is -0.508 e. The molecule has 0 saturated carbocycles. The van der Waals surface area contributed by atoms with Crippen LogP contribution in [0, 0.1) is 6.92 Å². The van der Waals surface area contributed by atoms with Crippen molar-refractivity contribution in [2.75, 3.05) is 24.4 Å². The molecule has 0 saturated heterocycles. The van der Waals surface area contributed by atoms with Crippen molar-refractivity contribution in [3.63, 3.8) is 0 Å². The molecule has 8 heteroatoms. The SMILES string of the molecule is C=C(Nc1c(C)cc(O)cc1OC)c1ccc(Oc2cc3c(cc2Cl)N(C)C(=O)CC3(C)C)o1. The normalized spacial score (nSPS) is 14.5. The van der Waals surface area contributed by atoms with E-state index in [-0.39, 0.29) is 23.0 Å². The number of hydrogen-bond donors (Lipinski definition) is 2. The molecule has 0 atom stereocenters. The number of nitrogens with one attached hydrogen (secondary N) is 1. The number of aromatic hydroxyl groups is 1. The molecule has 0 bridgehead atoms. The standard InChI is InChI=1S/C26H27ClN2O5/c1-14-9-16(30)10-22(32-6)25(14)28-15(2)20-7-8-24(33-20)34-21-11-17-19(12-18(21)27)29(5)23(31)13-26(17,3)4/h7-12,28,30H,2,13H2,1,3-6H3. The number of furan rings is 1. The van der Waals surface area contributed by atoms with E-state index in [0.717, 1.165) is 16.8 Å². The Morgan fingerprint density at radius 3 is 2.68 bits per heavy atom. The van der Waals surface area contributed by atoms with Crippen molar-refractivity contribution in [1.29, 1.82) is 0 Å². The second-order valence-corrected chi connectivity index (χ2v) is 9.38. The highest BCUT2D eigenvalue weighted by atomic mass is 35.5. The maximum Gasteiger partial charge on any atom is 0.290 e. The van der Waals surface area contributed by atoms with Crippen molar-refractivity contribution in [1.82, 2.24) is 0 Å². The Bertz CT molecular complexity index is 1290. The van der Waals surface area contributed by atoms with E-state index < -0.39 is 0 Å². The van der Waals surface area contributed by atoms with Crippen LogP contribution < -0.4 is 19.7 Å². The number of nitrogens with zero attached hydrogens (tertiary/aromatic N) is 1. The topological polar surface area (TPSA) is 84.2 Å². The molecule has 1 amide bonds. The fourth-order valence-corrected chi connectivity index (χ4v) is 4.28. The Morgan fingerprint density at radius 1 is 1.24 bits per heavy atom. The molecule has 178 valence electrons. The molecule has 1 aliphatic rings. The summed E-state index contributed by atoms with van der Waals surface area (Å²) < 4.78 is 17.2. The van der Waals surface area contributed by atoms with Gasteiger partial charge < -0.3 is 29.2 Å². The Morgan fingerprint density at radius 2 is 1.97 bits per heavy atom. The maximum atomic E-state index is 12.3. The molecule has 2 aromatic carbocycles. The van der Waals surface area contributed by atoms with Gasteiger partial charge in [-0.3, -0.25) is 4.79 Å². The van der Waals surface area contributed by atoms with E-state index in [1.807, 2.05) is 26.8 Å². The summed E-state index contributed by atoms with van der Waals surface area (Å²) in [4.78, 5) is 14.0. The summed E-state index contributed by atoms with van der Waals surface area (Å²) >= 11 is 6.49. The summed E-state index contributed by atoms with van der Waals surface area (Å²) in [5, 5.41) is 13.4. The van der Waals surface area contributed by atoms with E-state index in [1.165, 1.54) is 13.2 Å². The lowest BCUT2D eigenvalue weighted by molar-refractivity contribution is -0.119. The molecular weight excluding hydrogens is 456 g/mol. The van der Waals surface area contributed by atoms with Gasteiger partial charge in [0.15, 0.2) is 5.76 Å². The van der Waals surface area contributed by atoms with Gasteiger partial charge >= 0.3 is 0 Å². The zero-order valence-corrected chi connectivity index (χ0v) is 20.5. The molecule has 3 aromatic rings. The van der Waals surface area contributed by atoms with E-state index in [2.05, 4.69) is 11.9 Å². The minimum absolute atomic E-state index is 0.0458. The van der Waals surface area contributed by atoms with E-state index in [1.54, 1.807) is 36.2 Å². The molecule has 2 N–H and O–H groups in total. The number of amides is 1. The number of rotatable bonds is 6. The molecule has 0 radical (unpaired) electrons. The highest BCUT2D eigenvalue weighted by Gasteiger charge is 2.36. The molecule has 1 aromatic heterocycles. The monoisotopic (exact) mass is 482 g/mol. The lowest BCUT2D eigenvalue weighted by Crippen LogP contribution is -2.39. The van der Waals surface area contributed by atoms with Crippen LogP contribution in [0.2, 0.25) is 5.02 Å². The average Bonchev–Trinajstić information content (AvgIpc) is 3.23. The van der Waals surface area contributed by atoms with Gasteiger partial charge in [0.1, 0.15) is 17.2 Å². The van der Waals surface area contributed by atoms with Crippen LogP contribution in [0.5, 0.6) is 23.2 Å². The predicted octanol–water partition coefficient (Wildman–Crippen LogP) is 6.47. The molecule has 0 aliphatic carbocycles. The number of aryl methyl sites for hydroxylation is 1. The molecule has 0 spiro atoms. The first-order chi connectivity index (χ1) is 16.0. The van der Waals surface area contributed by atoms with Gasteiger partial charge in [0, 0.05) is 36.7 Å². The minimum atomic E-state index is -0.352. The summed E-state index contributed by atoms with van der Waals surface area (Å²) in [6, 6.07) is 10.2. The van der Waals surface area contributed by atoms with Crippen LogP contribution in [0.3, 0.4) is 0 Å². The molecule has 2 heterocycles.